The number of carbonyl (C=O) groups excluding carboxylic acids is 1. The van der Waals surface area contributed by atoms with Crippen molar-refractivity contribution in [3.8, 4) is 5.75 Å². The fourth-order valence-corrected chi connectivity index (χ4v) is 6.56. The third-order valence-corrected chi connectivity index (χ3v) is 8.82. The second kappa shape index (κ2) is 16.8. The van der Waals surface area contributed by atoms with Crippen molar-refractivity contribution in [2.24, 2.45) is 0 Å². The Kier molecular flexibility index (Phi) is 13.0. The first-order valence-electron chi connectivity index (χ1n) is 16.3. The number of carbonyl (C=O) groups is 1. The monoisotopic (exact) mass is 717 g/mol. The zero-order valence-electron chi connectivity index (χ0n) is 29.5. The van der Waals surface area contributed by atoms with Crippen LogP contribution in [-0.2, 0) is 29.4 Å². The Morgan fingerprint density at radius 3 is 2.40 bits per heavy atom. The topological polar surface area (TPSA) is 153 Å². The van der Waals surface area contributed by atoms with Gasteiger partial charge in [-0.1, -0.05) is 13.0 Å². The van der Waals surface area contributed by atoms with E-state index < -0.39 is 30.7 Å². The van der Waals surface area contributed by atoms with Crippen molar-refractivity contribution in [2.45, 2.75) is 72.5 Å². The van der Waals surface area contributed by atoms with Gasteiger partial charge in [0.1, 0.15) is 18.0 Å². The van der Waals surface area contributed by atoms with Gasteiger partial charge < -0.3 is 20.3 Å². The van der Waals surface area contributed by atoms with Crippen molar-refractivity contribution >= 4 is 42.0 Å². The van der Waals surface area contributed by atoms with E-state index in [2.05, 4.69) is 35.7 Å². The molecule has 0 aliphatic carbocycles. The van der Waals surface area contributed by atoms with Gasteiger partial charge in [-0.05, 0) is 78.8 Å². The van der Waals surface area contributed by atoms with E-state index in [0.29, 0.717) is 60.0 Å². The molecule has 0 fully saturated rings. The van der Waals surface area contributed by atoms with E-state index in [0.717, 1.165) is 0 Å². The number of aromatic amines is 1. The molecule has 0 aliphatic heterocycles. The van der Waals surface area contributed by atoms with Crippen molar-refractivity contribution in [1.82, 2.24) is 25.1 Å². The molecular formula is C34H46F2N7O6P. The van der Waals surface area contributed by atoms with Crippen molar-refractivity contribution in [1.29, 1.82) is 0 Å². The highest BCUT2D eigenvalue weighted by Gasteiger charge is 2.37. The van der Waals surface area contributed by atoms with E-state index in [-0.39, 0.29) is 31.3 Å². The highest BCUT2D eigenvalue weighted by molar-refractivity contribution is 7.48. The molecular weight excluding hydrogens is 671 g/mol. The summed E-state index contributed by atoms with van der Waals surface area (Å²) in [6.45, 7) is 14.9. The molecule has 13 nitrogen and oxygen atoms in total. The second-order valence-corrected chi connectivity index (χ2v) is 15.0. The van der Waals surface area contributed by atoms with E-state index in [1.165, 1.54) is 36.7 Å². The standard InChI is InChI=1S/C34H46F2N7O6P/c1-8-43(14-16-47-50(45,48-33(2,3)4)49-34(5,6)7)13-10-15-46-29-21-28-26(20-27(29)36)32(38-22-37-28)40-30-18-25(41-42-30)19-31(44)39-24-12-9-11-23(35)17-24/h9,11-12,17-18,20-22H,8,10,13-16,19H2,1-7H3,(H,39,44)(H2,37,38,40,41,42). The molecule has 2 aromatic heterocycles. The highest BCUT2D eigenvalue weighted by atomic mass is 31.2. The number of hydrogen-bond acceptors (Lipinski definition) is 11. The summed E-state index contributed by atoms with van der Waals surface area (Å²) >= 11 is 0. The van der Waals surface area contributed by atoms with Gasteiger partial charge in [0.2, 0.25) is 5.91 Å². The summed E-state index contributed by atoms with van der Waals surface area (Å²) in [7, 11) is -3.80. The zero-order chi connectivity index (χ0) is 36.5. The van der Waals surface area contributed by atoms with E-state index in [9.17, 15) is 13.8 Å². The Morgan fingerprint density at radius 1 is 0.980 bits per heavy atom. The molecule has 0 saturated carbocycles. The number of anilines is 3. The SMILES string of the molecule is CCN(CCCOc1cc2ncnc(Nc3cc(CC(=O)Nc4cccc(F)c4)[nH]n3)c2cc1F)CCOP(=O)(OC(C)(C)C)OC(C)(C)C. The lowest BCUT2D eigenvalue weighted by Gasteiger charge is -2.31. The molecule has 0 atom stereocenters. The molecule has 50 heavy (non-hydrogen) atoms. The largest absolute Gasteiger partial charge is 0.490 e. The molecule has 3 N–H and O–H groups in total. The van der Waals surface area contributed by atoms with Crippen LogP contribution in [0.1, 0.15) is 60.6 Å². The lowest BCUT2D eigenvalue weighted by atomic mass is 10.2. The molecule has 1 amide bonds. The van der Waals surface area contributed by atoms with Crippen LogP contribution < -0.4 is 15.4 Å². The van der Waals surface area contributed by atoms with Crippen LogP contribution in [0.5, 0.6) is 5.75 Å². The molecule has 16 heteroatoms. The van der Waals surface area contributed by atoms with Crippen molar-refractivity contribution in [2.75, 3.05) is 43.5 Å². The van der Waals surface area contributed by atoms with Gasteiger partial charge in [0, 0.05) is 42.0 Å². The Morgan fingerprint density at radius 2 is 1.72 bits per heavy atom. The van der Waals surface area contributed by atoms with Crippen LogP contribution in [0.25, 0.3) is 10.9 Å². The predicted octanol–water partition coefficient (Wildman–Crippen LogP) is 7.40. The maximum Gasteiger partial charge on any atom is 0.475 e. The molecule has 0 bridgehead atoms. The third-order valence-electron chi connectivity index (χ3n) is 6.78. The van der Waals surface area contributed by atoms with Gasteiger partial charge in [0.15, 0.2) is 17.4 Å². The Bertz CT molecular complexity index is 1770. The number of nitrogens with zero attached hydrogens (tertiary/aromatic N) is 4. The van der Waals surface area contributed by atoms with Crippen LogP contribution in [0.2, 0.25) is 0 Å². The van der Waals surface area contributed by atoms with Crippen LogP contribution in [0.3, 0.4) is 0 Å². The number of ether oxygens (including phenoxy) is 1. The van der Waals surface area contributed by atoms with Crippen LogP contribution in [-0.4, -0.2) is 75.0 Å². The highest BCUT2D eigenvalue weighted by Crippen LogP contribution is 2.55. The number of nitrogens with one attached hydrogen (secondary N) is 3. The second-order valence-electron chi connectivity index (χ2n) is 13.5. The van der Waals surface area contributed by atoms with Gasteiger partial charge >= 0.3 is 7.82 Å². The maximum atomic E-state index is 15.2. The van der Waals surface area contributed by atoms with E-state index in [4.69, 9.17) is 18.3 Å². The number of H-pyrrole nitrogens is 1. The van der Waals surface area contributed by atoms with Gasteiger partial charge in [-0.2, -0.15) is 5.10 Å². The summed E-state index contributed by atoms with van der Waals surface area (Å²) in [5.74, 6) is -0.666. The minimum absolute atomic E-state index is 0.0320. The summed E-state index contributed by atoms with van der Waals surface area (Å²) in [4.78, 5) is 23.0. The fourth-order valence-electron chi connectivity index (χ4n) is 4.77. The lowest BCUT2D eigenvalue weighted by Crippen LogP contribution is -2.30. The van der Waals surface area contributed by atoms with Crippen LogP contribution in [0.4, 0.5) is 26.1 Å². The molecule has 2 heterocycles. The van der Waals surface area contributed by atoms with E-state index in [1.54, 1.807) is 53.7 Å². The Balaban J connectivity index is 1.28. The number of amides is 1. The predicted molar refractivity (Wildman–Crippen MR) is 188 cm³/mol. The van der Waals surface area contributed by atoms with Crippen molar-refractivity contribution < 1.29 is 36.4 Å². The van der Waals surface area contributed by atoms with Gasteiger partial charge in [0.25, 0.3) is 0 Å². The number of halogens is 2. The van der Waals surface area contributed by atoms with Gasteiger partial charge in [-0.25, -0.2) is 23.3 Å². The van der Waals surface area contributed by atoms with Crippen LogP contribution in [0, 0.1) is 11.6 Å². The fraction of sp³-hybridized carbons (Fsp3) is 0.471. The van der Waals surface area contributed by atoms with Gasteiger partial charge in [-0.3, -0.25) is 23.5 Å². The van der Waals surface area contributed by atoms with E-state index >= 15 is 4.39 Å². The maximum absolute atomic E-state index is 15.2. The van der Waals surface area contributed by atoms with E-state index in [1.807, 2.05) is 6.92 Å². The molecule has 4 aromatic rings. The summed E-state index contributed by atoms with van der Waals surface area (Å²) in [6, 6.07) is 10.0. The average Bonchev–Trinajstić information content (AvgIpc) is 3.43. The Hall–Kier alpha value is -4.01. The summed E-state index contributed by atoms with van der Waals surface area (Å²) in [5.41, 5.74) is -0.138. The number of hydrogen-bond donors (Lipinski definition) is 3. The summed E-state index contributed by atoms with van der Waals surface area (Å²) in [6.07, 6.45) is 1.90. The molecule has 2 aromatic carbocycles. The molecule has 0 saturated heterocycles. The first-order valence-corrected chi connectivity index (χ1v) is 17.8. The number of phosphoric acid groups is 1. The lowest BCUT2D eigenvalue weighted by molar-refractivity contribution is -0.115. The number of phosphoric ester groups is 1. The smallest absolute Gasteiger partial charge is 0.475 e. The molecule has 0 aliphatic rings. The first-order chi connectivity index (χ1) is 23.5. The number of rotatable bonds is 17. The first kappa shape index (κ1) is 38.8. The van der Waals surface area contributed by atoms with Crippen molar-refractivity contribution in [3.63, 3.8) is 0 Å². The Labute approximate surface area is 291 Å². The zero-order valence-corrected chi connectivity index (χ0v) is 30.4. The minimum atomic E-state index is -3.80. The number of aromatic nitrogens is 4. The van der Waals surface area contributed by atoms with Crippen LogP contribution >= 0.6 is 7.82 Å². The molecule has 0 spiro atoms. The normalized spacial score (nSPS) is 12.4. The van der Waals surface area contributed by atoms with Crippen molar-refractivity contribution in [3.05, 3.63) is 66.1 Å². The third kappa shape index (κ3) is 12.4. The molecule has 4 rings (SSSR count). The number of fused-ring (bicyclic) bond motifs is 1. The number of likely N-dealkylation sites (N-methyl/N-ethyl adjacent to an activating group) is 1. The van der Waals surface area contributed by atoms with Crippen LogP contribution in [0.15, 0.2) is 48.8 Å². The molecule has 0 unspecified atom stereocenters. The van der Waals surface area contributed by atoms with Gasteiger partial charge in [-0.15, -0.1) is 0 Å². The quantitative estimate of drug-likeness (QED) is 0.0740. The summed E-state index contributed by atoms with van der Waals surface area (Å²) < 4.78 is 64.7. The molecule has 0 radical (unpaired) electrons. The summed E-state index contributed by atoms with van der Waals surface area (Å²) in [5, 5.41) is 13.0. The average molecular weight is 718 g/mol. The molecule has 272 valence electrons. The van der Waals surface area contributed by atoms with Gasteiger partial charge in [0.05, 0.1) is 36.4 Å². The minimum Gasteiger partial charge on any atom is -0.490 e. The number of benzene rings is 2.